The van der Waals surface area contributed by atoms with E-state index in [4.69, 9.17) is 5.73 Å². The number of carbonyl (C=O) groups is 1. The van der Waals surface area contributed by atoms with Crippen molar-refractivity contribution in [2.24, 2.45) is 5.92 Å². The van der Waals surface area contributed by atoms with Crippen LogP contribution in [0.2, 0.25) is 0 Å². The Hall–Kier alpha value is -2.02. The molecule has 5 nitrogen and oxygen atoms in total. The van der Waals surface area contributed by atoms with Crippen molar-refractivity contribution in [1.82, 2.24) is 14.9 Å². The number of carbonyl (C=O) groups excluding carboxylic acids is 1. The summed E-state index contributed by atoms with van der Waals surface area (Å²) in [5, 5.41) is 0. The van der Waals surface area contributed by atoms with Gasteiger partial charge in [0.2, 0.25) is 5.95 Å². The van der Waals surface area contributed by atoms with E-state index in [1.54, 1.807) is 13.0 Å². The molecule has 0 spiro atoms. The number of aromatic nitrogens is 2. The lowest BCUT2D eigenvalue weighted by Gasteiger charge is -2.38. The van der Waals surface area contributed by atoms with Gasteiger partial charge in [0.1, 0.15) is 5.82 Å². The summed E-state index contributed by atoms with van der Waals surface area (Å²) in [7, 11) is 0. The molecule has 1 atom stereocenters. The van der Waals surface area contributed by atoms with Crippen LogP contribution in [0.3, 0.4) is 0 Å². The number of hydrogen-bond donors (Lipinski definition) is 1. The van der Waals surface area contributed by atoms with Crippen LogP contribution in [0.4, 0.5) is 10.3 Å². The number of rotatable bonds is 3. The van der Waals surface area contributed by atoms with E-state index in [0.717, 1.165) is 5.56 Å². The third-order valence-electron chi connectivity index (χ3n) is 4.30. The first-order chi connectivity index (χ1) is 11.8. The number of nitrogen functional groups attached to an aromatic ring is 1. The maximum atomic E-state index is 13.5. The second-order valence-corrected chi connectivity index (χ2v) is 7.58. The van der Waals surface area contributed by atoms with Crippen molar-refractivity contribution in [1.29, 1.82) is 0 Å². The van der Waals surface area contributed by atoms with Gasteiger partial charge in [-0.3, -0.25) is 4.79 Å². The molecular weight excluding hydrogens is 387 g/mol. The molecule has 0 fully saturated rings. The Morgan fingerprint density at radius 3 is 2.76 bits per heavy atom. The van der Waals surface area contributed by atoms with Crippen molar-refractivity contribution in [3.8, 4) is 0 Å². The first-order valence-corrected chi connectivity index (χ1v) is 8.96. The van der Waals surface area contributed by atoms with E-state index in [2.05, 4.69) is 39.7 Å². The number of amides is 1. The lowest BCUT2D eigenvalue weighted by molar-refractivity contribution is 0.0614. The number of nitrogens with two attached hydrogens (primary N) is 1. The number of anilines is 1. The van der Waals surface area contributed by atoms with Gasteiger partial charge in [0.25, 0.3) is 5.91 Å². The minimum Gasteiger partial charge on any atom is -0.368 e. The largest absolute Gasteiger partial charge is 0.368 e. The molecule has 1 aliphatic heterocycles. The maximum absolute atomic E-state index is 13.5. The molecule has 1 unspecified atom stereocenters. The van der Waals surface area contributed by atoms with E-state index in [-0.39, 0.29) is 23.7 Å². The highest BCUT2D eigenvalue weighted by Crippen LogP contribution is 2.37. The van der Waals surface area contributed by atoms with E-state index >= 15 is 0 Å². The van der Waals surface area contributed by atoms with Gasteiger partial charge in [-0.25, -0.2) is 14.4 Å². The normalized spacial score (nSPS) is 17.1. The van der Waals surface area contributed by atoms with Crippen LogP contribution in [0, 0.1) is 18.7 Å². The monoisotopic (exact) mass is 406 g/mol. The molecule has 132 valence electrons. The first-order valence-electron chi connectivity index (χ1n) is 8.16. The highest BCUT2D eigenvalue weighted by atomic mass is 79.9. The summed E-state index contributed by atoms with van der Waals surface area (Å²) >= 11 is 3.43. The highest BCUT2D eigenvalue weighted by molar-refractivity contribution is 9.10. The minimum absolute atomic E-state index is 0.103. The summed E-state index contributed by atoms with van der Waals surface area (Å²) in [6.07, 6.45) is 0.519. The molecule has 0 radical (unpaired) electrons. The predicted octanol–water partition coefficient (Wildman–Crippen LogP) is 3.66. The molecule has 3 rings (SSSR count). The average molecular weight is 407 g/mol. The van der Waals surface area contributed by atoms with Crippen molar-refractivity contribution in [3.63, 3.8) is 0 Å². The van der Waals surface area contributed by atoms with E-state index in [1.807, 2.05) is 4.90 Å². The van der Waals surface area contributed by atoms with Gasteiger partial charge in [0.05, 0.1) is 23.0 Å². The third-order valence-corrected chi connectivity index (χ3v) is 4.99. The van der Waals surface area contributed by atoms with Crippen LogP contribution < -0.4 is 5.73 Å². The molecule has 0 saturated heterocycles. The van der Waals surface area contributed by atoms with Gasteiger partial charge in [-0.2, -0.15) is 0 Å². The van der Waals surface area contributed by atoms with Crippen LogP contribution in [-0.4, -0.2) is 27.3 Å². The summed E-state index contributed by atoms with van der Waals surface area (Å²) < 4.78 is 14.1. The minimum atomic E-state index is -0.323. The molecule has 0 saturated carbocycles. The topological polar surface area (TPSA) is 72.1 Å². The second-order valence-electron chi connectivity index (χ2n) is 6.73. The van der Waals surface area contributed by atoms with Gasteiger partial charge < -0.3 is 10.6 Å². The van der Waals surface area contributed by atoms with Gasteiger partial charge in [-0.05, 0) is 30.5 Å². The fourth-order valence-electron chi connectivity index (χ4n) is 3.31. The fourth-order valence-corrected chi connectivity index (χ4v) is 3.93. The van der Waals surface area contributed by atoms with E-state index in [0.29, 0.717) is 40.3 Å². The zero-order valence-corrected chi connectivity index (χ0v) is 16.0. The zero-order valence-electron chi connectivity index (χ0n) is 14.4. The molecule has 1 aliphatic rings. The number of hydrogen-bond acceptors (Lipinski definition) is 4. The first kappa shape index (κ1) is 17.8. The summed E-state index contributed by atoms with van der Waals surface area (Å²) in [6.45, 7) is 6.49. The van der Waals surface area contributed by atoms with Crippen LogP contribution in [0.25, 0.3) is 0 Å². The van der Waals surface area contributed by atoms with Crippen molar-refractivity contribution in [2.45, 2.75) is 33.2 Å². The predicted molar refractivity (Wildman–Crippen MR) is 97.6 cm³/mol. The van der Waals surface area contributed by atoms with Crippen LogP contribution in [0.1, 0.15) is 47.2 Å². The van der Waals surface area contributed by atoms with Crippen LogP contribution >= 0.6 is 15.9 Å². The Morgan fingerprint density at radius 2 is 2.12 bits per heavy atom. The zero-order chi connectivity index (χ0) is 18.3. The molecule has 2 aromatic rings. The Morgan fingerprint density at radius 1 is 1.40 bits per heavy atom. The standard InChI is InChI=1S/C18H20BrFN4O/c1-9(2)8-24-15(12-5-4-11(20)6-13(12)19)7-14-16(17(24)25)10(3)22-18(21)23-14/h4-6,9,15H,7-8H2,1-3H3,(H2,21,22,23). The van der Waals surface area contributed by atoms with Crippen molar-refractivity contribution < 1.29 is 9.18 Å². The van der Waals surface area contributed by atoms with Gasteiger partial charge in [-0.1, -0.05) is 35.8 Å². The third kappa shape index (κ3) is 3.38. The fraction of sp³-hybridized carbons (Fsp3) is 0.389. The van der Waals surface area contributed by atoms with Crippen LogP contribution in [-0.2, 0) is 6.42 Å². The Balaban J connectivity index is 2.13. The van der Waals surface area contributed by atoms with Crippen LogP contribution in [0.5, 0.6) is 0 Å². The average Bonchev–Trinajstić information content (AvgIpc) is 2.49. The van der Waals surface area contributed by atoms with Crippen LogP contribution in [0.15, 0.2) is 22.7 Å². The van der Waals surface area contributed by atoms with E-state index < -0.39 is 0 Å². The van der Waals surface area contributed by atoms with Gasteiger partial charge in [0, 0.05) is 17.4 Å². The molecule has 1 amide bonds. The molecule has 0 bridgehead atoms. The lowest BCUT2D eigenvalue weighted by Crippen LogP contribution is -2.43. The number of nitrogens with zero attached hydrogens (tertiary/aromatic N) is 3. The highest BCUT2D eigenvalue weighted by Gasteiger charge is 2.37. The summed E-state index contributed by atoms with van der Waals surface area (Å²) in [5.41, 5.74) is 8.41. The second kappa shape index (κ2) is 6.71. The Labute approximate surface area is 154 Å². The van der Waals surface area contributed by atoms with Gasteiger partial charge in [-0.15, -0.1) is 0 Å². The summed E-state index contributed by atoms with van der Waals surface area (Å²) in [6, 6.07) is 4.31. The smallest absolute Gasteiger partial charge is 0.258 e. The SMILES string of the molecule is Cc1nc(N)nc2c1C(=O)N(CC(C)C)C(c1ccc(F)cc1Br)C2. The number of fused-ring (bicyclic) bond motifs is 1. The number of halogens is 2. The van der Waals surface area contributed by atoms with E-state index in [1.165, 1.54) is 12.1 Å². The maximum Gasteiger partial charge on any atom is 0.258 e. The molecule has 2 N–H and O–H groups in total. The quantitative estimate of drug-likeness (QED) is 0.843. The molecular formula is C18H20BrFN4O. The molecule has 25 heavy (non-hydrogen) atoms. The molecule has 2 heterocycles. The summed E-state index contributed by atoms with van der Waals surface area (Å²) in [5.74, 6) is 0.0326. The molecule has 0 aliphatic carbocycles. The van der Waals surface area contributed by atoms with Gasteiger partial charge >= 0.3 is 0 Å². The van der Waals surface area contributed by atoms with Crippen molar-refractivity contribution >= 4 is 27.8 Å². The Bertz CT molecular complexity index is 840. The van der Waals surface area contributed by atoms with Crippen molar-refractivity contribution in [2.75, 3.05) is 12.3 Å². The van der Waals surface area contributed by atoms with E-state index in [9.17, 15) is 9.18 Å². The molecule has 7 heteroatoms. The molecule has 1 aromatic carbocycles. The lowest BCUT2D eigenvalue weighted by atomic mass is 9.91. The van der Waals surface area contributed by atoms with Gasteiger partial charge in [0.15, 0.2) is 0 Å². The summed E-state index contributed by atoms with van der Waals surface area (Å²) in [4.78, 5) is 23.4. The van der Waals surface area contributed by atoms with Crippen molar-refractivity contribution in [3.05, 3.63) is 51.0 Å². The Kier molecular flexibility index (Phi) is 4.77. The number of benzene rings is 1. The molecule has 1 aromatic heterocycles. The number of aryl methyl sites for hydroxylation is 1.